The third-order valence-corrected chi connectivity index (χ3v) is 2.76. The Hall–Kier alpha value is -1.88. The summed E-state index contributed by atoms with van der Waals surface area (Å²) in [5, 5.41) is 11.9. The largest absolute Gasteiger partial charge is 0.480 e. The Morgan fingerprint density at radius 3 is 2.94 bits per heavy atom. The van der Waals surface area contributed by atoms with Crippen molar-refractivity contribution in [2.24, 2.45) is 0 Å². The fraction of sp³-hybridized carbons (Fsp3) is 0.333. The summed E-state index contributed by atoms with van der Waals surface area (Å²) in [7, 11) is 0. The number of nitrogens with zero attached hydrogens (tertiary/aromatic N) is 1. The van der Waals surface area contributed by atoms with E-state index in [0.29, 0.717) is 5.69 Å². The summed E-state index contributed by atoms with van der Waals surface area (Å²) >= 11 is 0. The third kappa shape index (κ3) is 2.29. The molecule has 5 nitrogen and oxygen atoms in total. The van der Waals surface area contributed by atoms with Gasteiger partial charge >= 0.3 is 5.97 Å². The molecule has 1 amide bonds. The lowest BCUT2D eigenvalue weighted by molar-refractivity contribution is -0.140. The van der Waals surface area contributed by atoms with Gasteiger partial charge in [-0.2, -0.15) is 0 Å². The lowest BCUT2D eigenvalue weighted by Gasteiger charge is -2.33. The van der Waals surface area contributed by atoms with E-state index in [0.717, 1.165) is 5.56 Å². The highest BCUT2D eigenvalue weighted by Crippen LogP contribution is 2.20. The Morgan fingerprint density at radius 1 is 1.53 bits per heavy atom. The molecule has 1 aromatic carbocycles. The number of anilines is 1. The zero-order chi connectivity index (χ0) is 12.4. The van der Waals surface area contributed by atoms with Crippen molar-refractivity contribution < 1.29 is 14.7 Å². The van der Waals surface area contributed by atoms with Gasteiger partial charge in [-0.1, -0.05) is 12.1 Å². The highest BCUT2D eigenvalue weighted by atomic mass is 16.4. The van der Waals surface area contributed by atoms with E-state index in [4.69, 9.17) is 5.11 Å². The number of hydrogen-bond acceptors (Lipinski definition) is 3. The van der Waals surface area contributed by atoms with Crippen LogP contribution >= 0.6 is 0 Å². The average Bonchev–Trinajstić information content (AvgIpc) is 2.28. The monoisotopic (exact) mass is 234 g/mol. The maximum atomic E-state index is 11.8. The van der Waals surface area contributed by atoms with Crippen LogP contribution in [0, 0.1) is 6.92 Å². The molecule has 90 valence electrons. The second kappa shape index (κ2) is 4.55. The molecule has 0 aliphatic carbocycles. The van der Waals surface area contributed by atoms with E-state index in [2.05, 4.69) is 5.32 Å². The van der Waals surface area contributed by atoms with Gasteiger partial charge in [-0.05, 0) is 24.6 Å². The van der Waals surface area contributed by atoms with E-state index < -0.39 is 12.0 Å². The first-order valence-electron chi connectivity index (χ1n) is 5.42. The van der Waals surface area contributed by atoms with Gasteiger partial charge in [0.15, 0.2) is 0 Å². The Kier molecular flexibility index (Phi) is 3.10. The van der Waals surface area contributed by atoms with Crippen molar-refractivity contribution >= 4 is 17.6 Å². The van der Waals surface area contributed by atoms with Crippen molar-refractivity contribution in [3.63, 3.8) is 0 Å². The number of aryl methyl sites for hydroxylation is 1. The van der Waals surface area contributed by atoms with Gasteiger partial charge < -0.3 is 10.4 Å². The summed E-state index contributed by atoms with van der Waals surface area (Å²) in [5.41, 5.74) is 1.64. The second-order valence-corrected chi connectivity index (χ2v) is 4.09. The van der Waals surface area contributed by atoms with Gasteiger partial charge in [0.1, 0.15) is 6.04 Å². The van der Waals surface area contributed by atoms with Crippen molar-refractivity contribution in [1.82, 2.24) is 5.32 Å². The van der Waals surface area contributed by atoms with Gasteiger partial charge in [-0.25, -0.2) is 4.79 Å². The predicted molar refractivity (Wildman–Crippen MR) is 63.0 cm³/mol. The topological polar surface area (TPSA) is 69.6 Å². The van der Waals surface area contributed by atoms with Gasteiger partial charge in [0.05, 0.1) is 6.54 Å². The van der Waals surface area contributed by atoms with Gasteiger partial charge in [0.2, 0.25) is 5.91 Å². The molecule has 1 unspecified atom stereocenters. The molecule has 1 aromatic rings. The fourth-order valence-electron chi connectivity index (χ4n) is 1.97. The van der Waals surface area contributed by atoms with Crippen molar-refractivity contribution in [1.29, 1.82) is 0 Å². The molecule has 0 radical (unpaired) electrons. The lowest BCUT2D eigenvalue weighted by Crippen LogP contribution is -2.58. The van der Waals surface area contributed by atoms with Crippen molar-refractivity contribution in [3.05, 3.63) is 29.8 Å². The van der Waals surface area contributed by atoms with Crippen LogP contribution in [0.25, 0.3) is 0 Å². The van der Waals surface area contributed by atoms with Crippen LogP contribution < -0.4 is 10.2 Å². The highest BCUT2D eigenvalue weighted by Gasteiger charge is 2.34. The number of carboxylic acid groups (broad SMARTS) is 1. The predicted octanol–water partition coefficient (Wildman–Crippen LogP) is 0.384. The SMILES string of the molecule is Cc1cccc(N2C(=O)CNCC2C(=O)O)c1. The normalized spacial score (nSPS) is 20.4. The second-order valence-electron chi connectivity index (χ2n) is 4.09. The average molecular weight is 234 g/mol. The molecular weight excluding hydrogens is 220 g/mol. The summed E-state index contributed by atoms with van der Waals surface area (Å²) in [4.78, 5) is 24.3. The summed E-state index contributed by atoms with van der Waals surface area (Å²) in [5.74, 6) is -1.21. The molecule has 1 atom stereocenters. The lowest BCUT2D eigenvalue weighted by atomic mass is 10.1. The number of hydrogen-bond donors (Lipinski definition) is 2. The molecule has 0 bridgehead atoms. The van der Waals surface area contributed by atoms with Crippen LogP contribution in [0.4, 0.5) is 5.69 Å². The number of carbonyl (C=O) groups is 2. The first-order chi connectivity index (χ1) is 8.09. The van der Waals surface area contributed by atoms with Crippen molar-refractivity contribution in [3.8, 4) is 0 Å². The van der Waals surface area contributed by atoms with Crippen LogP contribution in [0.3, 0.4) is 0 Å². The smallest absolute Gasteiger partial charge is 0.328 e. The first kappa shape index (κ1) is 11.6. The number of piperazine rings is 1. The van der Waals surface area contributed by atoms with E-state index in [-0.39, 0.29) is 19.0 Å². The van der Waals surface area contributed by atoms with Crippen LogP contribution in [-0.2, 0) is 9.59 Å². The maximum Gasteiger partial charge on any atom is 0.328 e. The quantitative estimate of drug-likeness (QED) is 0.776. The molecule has 1 aliphatic heterocycles. The standard InChI is InChI=1S/C12H14N2O3/c1-8-3-2-4-9(5-8)14-10(12(16)17)6-13-7-11(14)15/h2-5,10,13H,6-7H2,1H3,(H,16,17). The number of amides is 1. The third-order valence-electron chi connectivity index (χ3n) is 2.76. The van der Waals surface area contributed by atoms with Crippen LogP contribution in [0.5, 0.6) is 0 Å². The van der Waals surface area contributed by atoms with E-state index in [9.17, 15) is 9.59 Å². The van der Waals surface area contributed by atoms with Crippen LogP contribution in [0.1, 0.15) is 5.56 Å². The Labute approximate surface area is 99.0 Å². The first-order valence-corrected chi connectivity index (χ1v) is 5.42. The van der Waals surface area contributed by atoms with Crippen LogP contribution in [-0.4, -0.2) is 36.1 Å². The minimum absolute atomic E-state index is 0.178. The molecule has 0 spiro atoms. The van der Waals surface area contributed by atoms with Crippen LogP contribution in [0.2, 0.25) is 0 Å². The molecule has 2 N–H and O–H groups in total. The van der Waals surface area contributed by atoms with Gasteiger partial charge in [0, 0.05) is 12.2 Å². The van der Waals surface area contributed by atoms with E-state index in [1.54, 1.807) is 6.07 Å². The fourth-order valence-corrected chi connectivity index (χ4v) is 1.97. The van der Waals surface area contributed by atoms with Crippen LogP contribution in [0.15, 0.2) is 24.3 Å². The summed E-state index contributed by atoms with van der Waals surface area (Å²) < 4.78 is 0. The Balaban J connectivity index is 2.38. The molecule has 0 saturated carbocycles. The Bertz CT molecular complexity index is 459. The molecule has 0 aromatic heterocycles. The molecule has 1 aliphatic rings. The molecule has 5 heteroatoms. The molecule has 17 heavy (non-hydrogen) atoms. The number of rotatable bonds is 2. The molecule has 2 rings (SSSR count). The number of carbonyl (C=O) groups excluding carboxylic acids is 1. The molecule has 1 heterocycles. The van der Waals surface area contributed by atoms with E-state index >= 15 is 0 Å². The minimum Gasteiger partial charge on any atom is -0.480 e. The van der Waals surface area contributed by atoms with E-state index in [1.807, 2.05) is 25.1 Å². The molecular formula is C12H14N2O3. The van der Waals surface area contributed by atoms with E-state index in [1.165, 1.54) is 4.90 Å². The van der Waals surface area contributed by atoms with Crippen molar-refractivity contribution in [2.75, 3.05) is 18.0 Å². The maximum absolute atomic E-state index is 11.8. The zero-order valence-electron chi connectivity index (χ0n) is 9.51. The summed E-state index contributed by atoms with van der Waals surface area (Å²) in [6.45, 7) is 2.36. The summed E-state index contributed by atoms with van der Waals surface area (Å²) in [6.07, 6.45) is 0. The zero-order valence-corrected chi connectivity index (χ0v) is 9.51. The van der Waals surface area contributed by atoms with Gasteiger partial charge in [-0.15, -0.1) is 0 Å². The minimum atomic E-state index is -0.993. The number of carboxylic acids is 1. The van der Waals surface area contributed by atoms with Gasteiger partial charge in [0.25, 0.3) is 0 Å². The van der Waals surface area contributed by atoms with Gasteiger partial charge in [-0.3, -0.25) is 9.69 Å². The highest BCUT2D eigenvalue weighted by molar-refractivity contribution is 6.01. The molecule has 1 saturated heterocycles. The van der Waals surface area contributed by atoms with Crippen molar-refractivity contribution in [2.45, 2.75) is 13.0 Å². The number of aliphatic carboxylic acids is 1. The number of benzene rings is 1. The summed E-state index contributed by atoms with van der Waals surface area (Å²) in [6, 6.07) is 6.47. The molecule has 1 fully saturated rings. The number of nitrogens with one attached hydrogen (secondary N) is 1. The Morgan fingerprint density at radius 2 is 2.29 bits per heavy atom.